The summed E-state index contributed by atoms with van der Waals surface area (Å²) >= 11 is 0. The van der Waals surface area contributed by atoms with Crippen LogP contribution in [0.25, 0.3) is 22.3 Å². The van der Waals surface area contributed by atoms with Crippen molar-refractivity contribution in [1.82, 2.24) is 0 Å². The van der Waals surface area contributed by atoms with Crippen molar-refractivity contribution in [3.63, 3.8) is 0 Å². The number of hydrogen-bond acceptors (Lipinski definition) is 3. The highest BCUT2D eigenvalue weighted by Crippen LogP contribution is 2.51. The van der Waals surface area contributed by atoms with E-state index in [0.29, 0.717) is 5.30 Å². The van der Waals surface area contributed by atoms with Crippen LogP contribution in [-0.2, 0) is 32.1 Å². The molecule has 3 aromatic rings. The van der Waals surface area contributed by atoms with Crippen molar-refractivity contribution in [3.8, 4) is 22.3 Å². The first kappa shape index (κ1) is 59.3. The lowest BCUT2D eigenvalue weighted by Crippen LogP contribution is -2.17. The van der Waals surface area contributed by atoms with E-state index in [1.54, 1.807) is 0 Å². The van der Waals surface area contributed by atoms with Gasteiger partial charge in [0.05, 0.1) is 0 Å². The lowest BCUT2D eigenvalue weighted by Gasteiger charge is -2.25. The molecule has 0 fully saturated rings. The molecule has 0 unspecified atom stereocenters. The third-order valence-electron chi connectivity index (χ3n) is 14.9. The van der Waals surface area contributed by atoms with E-state index in [2.05, 4.69) is 77.1 Å². The Morgan fingerprint density at radius 3 is 0.896 bits per heavy atom. The molecule has 0 aliphatic heterocycles. The van der Waals surface area contributed by atoms with E-state index in [1.165, 1.54) is 251 Å². The number of unbranched alkanes of at least 4 members (excludes halogenated alkanes) is 30. The average Bonchev–Trinajstić information content (AvgIpc) is 3.32. The van der Waals surface area contributed by atoms with Gasteiger partial charge in [0.1, 0.15) is 0 Å². The SMILES string of the molecule is CCCCCCCCCc1cccc(-c2c(CCCCCCCCC)ccc([P+](O)(O)O)c2-c2cccc(CCCCCCCCC)c2CCCCCCCCC)c1CCCCCCCCC. The summed E-state index contributed by atoms with van der Waals surface area (Å²) < 4.78 is 0. The Hall–Kier alpha value is -2.03. The van der Waals surface area contributed by atoms with E-state index in [9.17, 15) is 14.7 Å². The van der Waals surface area contributed by atoms with Crippen molar-refractivity contribution in [2.24, 2.45) is 0 Å². The summed E-state index contributed by atoms with van der Waals surface area (Å²) in [4.78, 5) is 34.7. The van der Waals surface area contributed by atoms with E-state index >= 15 is 0 Å². The van der Waals surface area contributed by atoms with Crippen molar-refractivity contribution < 1.29 is 14.7 Å². The molecule has 380 valence electrons. The summed E-state index contributed by atoms with van der Waals surface area (Å²) in [5.41, 5.74) is 11.5. The van der Waals surface area contributed by atoms with E-state index in [0.717, 1.165) is 56.1 Å². The van der Waals surface area contributed by atoms with Gasteiger partial charge in [-0.1, -0.05) is 270 Å². The summed E-state index contributed by atoms with van der Waals surface area (Å²) in [6.07, 6.45) is 49.8. The number of benzene rings is 3. The summed E-state index contributed by atoms with van der Waals surface area (Å²) in [6.45, 7) is 11.5. The first-order valence-electron chi connectivity index (χ1n) is 29.3. The zero-order valence-corrected chi connectivity index (χ0v) is 45.6. The Kier molecular flexibility index (Phi) is 33.4. The second kappa shape index (κ2) is 37.8. The third kappa shape index (κ3) is 23.6. The Morgan fingerprint density at radius 2 is 0.567 bits per heavy atom. The number of aryl methyl sites for hydroxylation is 3. The Morgan fingerprint density at radius 1 is 0.284 bits per heavy atom. The summed E-state index contributed by atoms with van der Waals surface area (Å²) in [6, 6.07) is 18.0. The van der Waals surface area contributed by atoms with Gasteiger partial charge in [0.15, 0.2) is 5.30 Å². The maximum atomic E-state index is 11.6. The van der Waals surface area contributed by atoms with Crippen LogP contribution in [0.2, 0.25) is 0 Å². The van der Waals surface area contributed by atoms with Gasteiger partial charge in [-0.3, -0.25) is 0 Å². The van der Waals surface area contributed by atoms with Crippen LogP contribution in [0.15, 0.2) is 48.5 Å². The van der Waals surface area contributed by atoms with Crippen LogP contribution in [0.4, 0.5) is 0 Å². The largest absolute Gasteiger partial charge is 0.441 e. The fourth-order valence-corrected chi connectivity index (χ4v) is 11.6. The highest BCUT2D eigenvalue weighted by Gasteiger charge is 2.40. The van der Waals surface area contributed by atoms with Gasteiger partial charge in [0.2, 0.25) is 0 Å². The Labute approximate surface area is 416 Å². The molecule has 0 aliphatic carbocycles. The van der Waals surface area contributed by atoms with Crippen LogP contribution in [-0.4, -0.2) is 14.7 Å². The van der Waals surface area contributed by atoms with E-state index in [4.69, 9.17) is 0 Å². The average molecular weight is 943 g/mol. The van der Waals surface area contributed by atoms with Gasteiger partial charge in [0, 0.05) is 5.56 Å². The first-order chi connectivity index (χ1) is 32.8. The van der Waals surface area contributed by atoms with Crippen molar-refractivity contribution in [2.75, 3.05) is 0 Å². The molecule has 0 aliphatic rings. The van der Waals surface area contributed by atoms with Gasteiger partial charge >= 0.3 is 7.94 Å². The molecule has 3 aromatic carbocycles. The van der Waals surface area contributed by atoms with Crippen LogP contribution in [0.5, 0.6) is 0 Å². The molecule has 0 spiro atoms. The molecule has 3 N–H and O–H groups in total. The predicted octanol–water partition coefficient (Wildman–Crippen LogP) is 19.9. The second-order valence-corrected chi connectivity index (χ2v) is 22.4. The van der Waals surface area contributed by atoms with E-state index < -0.39 is 7.94 Å². The quantitative estimate of drug-likeness (QED) is 0.0391. The summed E-state index contributed by atoms with van der Waals surface area (Å²) in [5, 5.41) is 0.332. The first-order valence-corrected chi connectivity index (χ1v) is 30.9. The summed E-state index contributed by atoms with van der Waals surface area (Å²) in [5.74, 6) is 0. The minimum Gasteiger partial charge on any atom is -0.189 e. The third-order valence-corrected chi connectivity index (χ3v) is 15.9. The fourth-order valence-electron chi connectivity index (χ4n) is 10.8. The highest BCUT2D eigenvalue weighted by molar-refractivity contribution is 7.67. The molecule has 0 bridgehead atoms. The maximum absolute atomic E-state index is 11.6. The highest BCUT2D eigenvalue weighted by atomic mass is 31.2. The molecule has 0 heterocycles. The molecular formula is C63H106O3P+. The molecule has 0 radical (unpaired) electrons. The van der Waals surface area contributed by atoms with Gasteiger partial charge in [-0.15, -0.1) is 0 Å². The number of rotatable bonds is 43. The smallest absolute Gasteiger partial charge is 0.189 e. The molecule has 0 amide bonds. The molecule has 0 saturated heterocycles. The lowest BCUT2D eigenvalue weighted by molar-refractivity contribution is 0.347. The predicted molar refractivity (Wildman–Crippen MR) is 299 cm³/mol. The van der Waals surface area contributed by atoms with Crippen molar-refractivity contribution in [2.45, 2.75) is 291 Å². The lowest BCUT2D eigenvalue weighted by atomic mass is 9.81. The van der Waals surface area contributed by atoms with Crippen LogP contribution < -0.4 is 5.30 Å². The standard InChI is InChI=1S/C63H106O3P/c1-6-11-16-21-26-31-36-43-54-46-41-50-59(57(54)48-39-34-29-24-19-14-9-4)62-56(45-38-33-28-23-18-13-8-3)52-53-61(67(64,65)66)63(62)60-51-42-47-55(44-37-32-27-22-17-12-7-2)58(60)49-40-35-30-25-20-15-10-5/h41-42,46-47,50-53,64-66H,6-40,43-45,48-49H2,1-5H3/q+1. The van der Waals surface area contributed by atoms with Crippen LogP contribution >= 0.6 is 7.94 Å². The molecule has 3 nitrogen and oxygen atoms in total. The van der Waals surface area contributed by atoms with E-state index in [-0.39, 0.29) is 0 Å². The minimum atomic E-state index is -4.41. The van der Waals surface area contributed by atoms with Gasteiger partial charge < -0.3 is 0 Å². The van der Waals surface area contributed by atoms with Crippen molar-refractivity contribution in [1.29, 1.82) is 0 Å². The fraction of sp³-hybridized carbons (Fsp3) is 0.714. The monoisotopic (exact) mass is 942 g/mol. The van der Waals surface area contributed by atoms with E-state index in [1.807, 2.05) is 6.07 Å². The number of hydrogen-bond donors (Lipinski definition) is 3. The second-order valence-electron chi connectivity index (χ2n) is 20.8. The maximum Gasteiger partial charge on any atom is 0.441 e. The van der Waals surface area contributed by atoms with Gasteiger partial charge in [-0.05, 0) is 115 Å². The molecule has 67 heavy (non-hydrogen) atoms. The van der Waals surface area contributed by atoms with Gasteiger partial charge in [-0.2, -0.15) is 14.7 Å². The van der Waals surface area contributed by atoms with Crippen LogP contribution in [0.3, 0.4) is 0 Å². The normalized spacial score (nSPS) is 11.9. The van der Waals surface area contributed by atoms with Crippen molar-refractivity contribution in [3.05, 3.63) is 76.3 Å². The summed E-state index contributed by atoms with van der Waals surface area (Å²) in [7, 11) is -4.41. The zero-order chi connectivity index (χ0) is 48.2. The van der Waals surface area contributed by atoms with Gasteiger partial charge in [0.25, 0.3) is 0 Å². The van der Waals surface area contributed by atoms with Crippen molar-refractivity contribution >= 4 is 13.2 Å². The molecule has 4 heteroatoms. The minimum absolute atomic E-state index is 0.332. The molecule has 0 atom stereocenters. The van der Waals surface area contributed by atoms with Crippen LogP contribution in [0.1, 0.15) is 287 Å². The zero-order valence-electron chi connectivity index (χ0n) is 44.7. The molecule has 0 saturated carbocycles. The molecule has 3 rings (SSSR count). The Balaban J connectivity index is 2.25. The Bertz CT molecular complexity index is 1670. The van der Waals surface area contributed by atoms with Crippen LogP contribution in [0, 0.1) is 0 Å². The molecular weight excluding hydrogens is 836 g/mol. The van der Waals surface area contributed by atoms with Gasteiger partial charge in [-0.25, -0.2) is 0 Å². The topological polar surface area (TPSA) is 60.7 Å². The molecule has 0 aromatic heterocycles.